The van der Waals surface area contributed by atoms with E-state index in [0.717, 1.165) is 10.6 Å². The molecule has 144 valence electrons. The maximum atomic E-state index is 13.1. The zero-order chi connectivity index (χ0) is 20.1. The normalized spacial score (nSPS) is 15.3. The Morgan fingerprint density at radius 1 is 1.14 bits per heavy atom. The fraction of sp³-hybridized carbons (Fsp3) is 0.150. The number of nitrogens with zero attached hydrogens (tertiary/aromatic N) is 2. The Labute approximate surface area is 172 Å². The molecule has 1 aliphatic rings. The SMILES string of the molecule is CC(=O)OC1=NN(c2ccccc2Cl)C(=O)C1=C(CCl)NCc1ccccc1. The van der Waals surface area contributed by atoms with Crippen molar-refractivity contribution >= 4 is 46.7 Å². The molecule has 0 bridgehead atoms. The number of amides is 1. The van der Waals surface area contributed by atoms with Crippen LogP contribution >= 0.6 is 23.2 Å². The van der Waals surface area contributed by atoms with Crippen molar-refractivity contribution in [2.45, 2.75) is 13.5 Å². The van der Waals surface area contributed by atoms with Gasteiger partial charge in [-0.25, -0.2) is 0 Å². The Bertz CT molecular complexity index is 958. The third kappa shape index (κ3) is 4.35. The maximum Gasteiger partial charge on any atom is 0.309 e. The largest absolute Gasteiger partial charge is 0.405 e. The van der Waals surface area contributed by atoms with Gasteiger partial charge in [0.15, 0.2) is 0 Å². The topological polar surface area (TPSA) is 71.0 Å². The Morgan fingerprint density at radius 3 is 2.46 bits per heavy atom. The average molecular weight is 418 g/mol. The molecule has 1 amide bonds. The molecule has 1 aliphatic heterocycles. The number of hydrogen-bond donors (Lipinski definition) is 1. The molecule has 0 radical (unpaired) electrons. The minimum atomic E-state index is -0.595. The zero-order valence-corrected chi connectivity index (χ0v) is 16.5. The van der Waals surface area contributed by atoms with Crippen molar-refractivity contribution in [1.29, 1.82) is 0 Å². The number of rotatable bonds is 5. The van der Waals surface area contributed by atoms with Crippen LogP contribution in [0.2, 0.25) is 5.02 Å². The summed E-state index contributed by atoms with van der Waals surface area (Å²) >= 11 is 12.3. The van der Waals surface area contributed by atoms with E-state index < -0.39 is 11.9 Å². The summed E-state index contributed by atoms with van der Waals surface area (Å²) in [6, 6.07) is 16.4. The fourth-order valence-electron chi connectivity index (χ4n) is 2.64. The van der Waals surface area contributed by atoms with E-state index in [1.807, 2.05) is 30.3 Å². The number of carbonyl (C=O) groups is 2. The standard InChI is InChI=1S/C20H17Cl2N3O3/c1-13(26)28-19-18(16(11-21)23-12-14-7-3-2-4-8-14)20(27)25(24-19)17-10-6-5-9-15(17)22/h2-10,23H,11-12H2,1H3. The number of ether oxygens (including phenoxy) is 1. The molecule has 3 rings (SSSR count). The van der Waals surface area contributed by atoms with E-state index in [9.17, 15) is 9.59 Å². The maximum absolute atomic E-state index is 13.1. The van der Waals surface area contributed by atoms with Crippen LogP contribution in [0.15, 0.2) is 71.0 Å². The van der Waals surface area contributed by atoms with Crippen LogP contribution in [0.1, 0.15) is 12.5 Å². The molecule has 2 aromatic rings. The first-order chi connectivity index (χ1) is 13.5. The van der Waals surface area contributed by atoms with Gasteiger partial charge in [0, 0.05) is 19.2 Å². The number of carbonyl (C=O) groups excluding carboxylic acids is 2. The summed E-state index contributed by atoms with van der Waals surface area (Å²) < 4.78 is 5.17. The van der Waals surface area contributed by atoms with Gasteiger partial charge in [-0.05, 0) is 17.7 Å². The van der Waals surface area contributed by atoms with Gasteiger partial charge in [-0.3, -0.25) is 9.59 Å². The Hall–Kier alpha value is -2.83. The highest BCUT2D eigenvalue weighted by atomic mass is 35.5. The number of esters is 1. The third-order valence-corrected chi connectivity index (χ3v) is 4.50. The number of allylic oxidation sites excluding steroid dienone is 1. The highest BCUT2D eigenvalue weighted by molar-refractivity contribution is 6.36. The summed E-state index contributed by atoms with van der Waals surface area (Å²) in [6.07, 6.45) is 0. The lowest BCUT2D eigenvalue weighted by Crippen LogP contribution is -2.27. The molecule has 8 heteroatoms. The quantitative estimate of drug-likeness (QED) is 0.455. The number of hydrogen-bond acceptors (Lipinski definition) is 5. The van der Waals surface area contributed by atoms with E-state index in [2.05, 4.69) is 10.4 Å². The lowest BCUT2D eigenvalue weighted by molar-refractivity contribution is -0.132. The van der Waals surface area contributed by atoms with Gasteiger partial charge in [0.2, 0.25) is 0 Å². The third-order valence-electron chi connectivity index (χ3n) is 3.92. The van der Waals surface area contributed by atoms with Gasteiger partial charge < -0.3 is 10.1 Å². The minimum Gasteiger partial charge on any atom is -0.405 e. The van der Waals surface area contributed by atoms with Crippen LogP contribution in [0.5, 0.6) is 0 Å². The molecular formula is C20H17Cl2N3O3. The Kier molecular flexibility index (Phi) is 6.34. The molecule has 0 saturated carbocycles. The number of anilines is 1. The molecule has 0 aliphatic carbocycles. The van der Waals surface area contributed by atoms with Crippen LogP contribution in [-0.2, 0) is 20.9 Å². The second-order valence-corrected chi connectivity index (χ2v) is 6.57. The molecule has 0 aromatic heterocycles. The van der Waals surface area contributed by atoms with Gasteiger partial charge in [-0.1, -0.05) is 54.1 Å². The van der Waals surface area contributed by atoms with Gasteiger partial charge in [0.25, 0.3) is 11.8 Å². The first-order valence-corrected chi connectivity index (χ1v) is 9.35. The van der Waals surface area contributed by atoms with E-state index in [1.54, 1.807) is 24.3 Å². The summed E-state index contributed by atoms with van der Waals surface area (Å²) in [6.45, 7) is 1.68. The van der Waals surface area contributed by atoms with E-state index in [4.69, 9.17) is 27.9 Å². The number of hydrazone groups is 1. The molecule has 0 unspecified atom stereocenters. The smallest absolute Gasteiger partial charge is 0.309 e. The van der Waals surface area contributed by atoms with Crippen LogP contribution in [0.4, 0.5) is 5.69 Å². The predicted molar refractivity (Wildman–Crippen MR) is 109 cm³/mol. The summed E-state index contributed by atoms with van der Waals surface area (Å²) in [5.74, 6) is -1.19. The molecule has 28 heavy (non-hydrogen) atoms. The summed E-state index contributed by atoms with van der Waals surface area (Å²) in [4.78, 5) is 24.6. The molecule has 0 saturated heterocycles. The molecular weight excluding hydrogens is 401 g/mol. The lowest BCUT2D eigenvalue weighted by Gasteiger charge is -2.14. The van der Waals surface area contributed by atoms with E-state index in [0.29, 0.717) is 23.0 Å². The summed E-state index contributed by atoms with van der Waals surface area (Å²) in [5.41, 5.74) is 1.89. The average Bonchev–Trinajstić information content (AvgIpc) is 2.99. The van der Waals surface area contributed by atoms with Gasteiger partial charge in [0.1, 0.15) is 5.57 Å². The van der Waals surface area contributed by atoms with Crippen molar-refractivity contribution in [3.05, 3.63) is 76.5 Å². The number of nitrogens with one attached hydrogen (secondary N) is 1. The van der Waals surface area contributed by atoms with Crippen LogP contribution in [0, 0.1) is 0 Å². The van der Waals surface area contributed by atoms with Gasteiger partial charge in [-0.15, -0.1) is 16.7 Å². The van der Waals surface area contributed by atoms with Gasteiger partial charge in [0.05, 0.1) is 16.6 Å². The molecule has 6 nitrogen and oxygen atoms in total. The second kappa shape index (κ2) is 8.91. The number of benzene rings is 2. The van der Waals surface area contributed by atoms with Crippen molar-refractivity contribution in [3.63, 3.8) is 0 Å². The highest BCUT2D eigenvalue weighted by Crippen LogP contribution is 2.31. The zero-order valence-electron chi connectivity index (χ0n) is 15.0. The number of halogens is 2. The van der Waals surface area contributed by atoms with Gasteiger partial charge in [-0.2, -0.15) is 5.01 Å². The fourth-order valence-corrected chi connectivity index (χ4v) is 3.09. The van der Waals surface area contributed by atoms with Gasteiger partial charge >= 0.3 is 5.97 Å². The summed E-state index contributed by atoms with van der Waals surface area (Å²) in [5, 5.41) is 8.75. The van der Waals surface area contributed by atoms with Crippen LogP contribution in [0.3, 0.4) is 0 Å². The molecule has 0 fully saturated rings. The van der Waals surface area contributed by atoms with Crippen molar-refractivity contribution in [3.8, 4) is 0 Å². The van der Waals surface area contributed by atoms with Crippen molar-refractivity contribution in [1.82, 2.24) is 5.32 Å². The van der Waals surface area contributed by atoms with Crippen LogP contribution in [0.25, 0.3) is 0 Å². The monoisotopic (exact) mass is 417 g/mol. The molecule has 0 spiro atoms. The molecule has 2 aromatic carbocycles. The van der Waals surface area contributed by atoms with Crippen LogP contribution < -0.4 is 10.3 Å². The first kappa shape index (κ1) is 19.9. The van der Waals surface area contributed by atoms with Crippen molar-refractivity contribution in [2.24, 2.45) is 5.10 Å². The molecule has 0 atom stereocenters. The highest BCUT2D eigenvalue weighted by Gasteiger charge is 2.37. The van der Waals surface area contributed by atoms with E-state index in [1.165, 1.54) is 6.92 Å². The summed E-state index contributed by atoms with van der Waals surface area (Å²) in [7, 11) is 0. The van der Waals surface area contributed by atoms with E-state index >= 15 is 0 Å². The second-order valence-electron chi connectivity index (χ2n) is 5.89. The molecule has 1 heterocycles. The predicted octanol–water partition coefficient (Wildman–Crippen LogP) is 3.85. The van der Waals surface area contributed by atoms with E-state index in [-0.39, 0.29) is 17.4 Å². The first-order valence-electron chi connectivity index (χ1n) is 8.44. The lowest BCUT2D eigenvalue weighted by atomic mass is 10.1. The molecule has 1 N–H and O–H groups in total. The number of para-hydroxylation sites is 1. The van der Waals surface area contributed by atoms with Crippen LogP contribution in [-0.4, -0.2) is 23.7 Å². The van der Waals surface area contributed by atoms with Crippen molar-refractivity contribution < 1.29 is 14.3 Å². The minimum absolute atomic E-state index is 0.00452. The Morgan fingerprint density at radius 2 is 1.82 bits per heavy atom. The van der Waals surface area contributed by atoms with Crippen molar-refractivity contribution in [2.75, 3.05) is 10.9 Å². The Balaban J connectivity index is 1.97. The number of alkyl halides is 1.